The van der Waals surface area contributed by atoms with E-state index in [0.717, 1.165) is 32.5 Å². The van der Waals surface area contributed by atoms with Gasteiger partial charge < -0.3 is 19.9 Å². The maximum absolute atomic E-state index is 5.88. The van der Waals surface area contributed by atoms with E-state index in [-0.39, 0.29) is 11.5 Å². The van der Waals surface area contributed by atoms with Crippen LogP contribution in [0.25, 0.3) is 0 Å². The smallest absolute Gasteiger partial charge is 0.0700 e. The van der Waals surface area contributed by atoms with Gasteiger partial charge in [-0.1, -0.05) is 0 Å². The van der Waals surface area contributed by atoms with Crippen LogP contribution in [-0.4, -0.2) is 46.2 Å². The molecule has 0 bridgehead atoms. The fourth-order valence-electron chi connectivity index (χ4n) is 2.29. The van der Waals surface area contributed by atoms with Crippen LogP contribution in [0.1, 0.15) is 26.2 Å². The molecule has 1 rings (SSSR count). The first kappa shape index (κ1) is 13.9. The lowest BCUT2D eigenvalue weighted by Gasteiger charge is -2.30. The third kappa shape index (κ3) is 3.70. The summed E-state index contributed by atoms with van der Waals surface area (Å²) >= 11 is 0. The normalized spacial score (nSPS) is 29.8. The fraction of sp³-hybridized carbons (Fsp3) is 1.00. The summed E-state index contributed by atoms with van der Waals surface area (Å²) in [7, 11) is 1.68. The van der Waals surface area contributed by atoms with E-state index < -0.39 is 0 Å². The molecule has 2 N–H and O–H groups in total. The van der Waals surface area contributed by atoms with Crippen molar-refractivity contribution in [3.8, 4) is 0 Å². The Balaban J connectivity index is 2.14. The molecular weight excluding hydrogens is 206 g/mol. The Morgan fingerprint density at radius 2 is 2.19 bits per heavy atom. The Morgan fingerprint density at radius 3 is 2.75 bits per heavy atom. The molecular formula is C12H25NO3. The van der Waals surface area contributed by atoms with Gasteiger partial charge in [-0.2, -0.15) is 0 Å². The van der Waals surface area contributed by atoms with E-state index in [2.05, 4.69) is 6.92 Å². The molecule has 2 unspecified atom stereocenters. The second kappa shape index (κ2) is 7.22. The average molecular weight is 231 g/mol. The van der Waals surface area contributed by atoms with Gasteiger partial charge in [0.05, 0.1) is 19.3 Å². The number of hydrogen-bond donors (Lipinski definition) is 1. The SMILES string of the molecule is COCCOCCCC1(CN)CCOC1C. The summed E-state index contributed by atoms with van der Waals surface area (Å²) < 4.78 is 16.0. The topological polar surface area (TPSA) is 53.7 Å². The summed E-state index contributed by atoms with van der Waals surface area (Å²) in [6.45, 7) is 5.83. The van der Waals surface area contributed by atoms with E-state index in [9.17, 15) is 0 Å². The van der Waals surface area contributed by atoms with Crippen LogP contribution in [0.5, 0.6) is 0 Å². The number of methoxy groups -OCH3 is 1. The molecule has 0 aliphatic carbocycles. The molecule has 0 aromatic rings. The molecule has 4 nitrogen and oxygen atoms in total. The standard InChI is InChI=1S/C12H25NO3/c1-11-12(10-13,5-7-16-11)4-3-6-15-9-8-14-2/h11H,3-10,13H2,1-2H3. The number of nitrogens with two attached hydrogens (primary N) is 1. The van der Waals surface area contributed by atoms with Gasteiger partial charge in [-0.3, -0.25) is 0 Å². The molecule has 1 saturated heterocycles. The van der Waals surface area contributed by atoms with Crippen molar-refractivity contribution in [2.24, 2.45) is 11.1 Å². The van der Waals surface area contributed by atoms with E-state index in [1.807, 2.05) is 0 Å². The first-order chi connectivity index (χ1) is 7.75. The van der Waals surface area contributed by atoms with Gasteiger partial charge in [0, 0.05) is 32.3 Å². The van der Waals surface area contributed by atoms with Crippen LogP contribution in [0, 0.1) is 5.41 Å². The zero-order chi connectivity index (χ0) is 11.9. The minimum atomic E-state index is 0.185. The van der Waals surface area contributed by atoms with Crippen molar-refractivity contribution >= 4 is 0 Å². The lowest BCUT2D eigenvalue weighted by Crippen LogP contribution is -2.36. The fourth-order valence-corrected chi connectivity index (χ4v) is 2.29. The van der Waals surface area contributed by atoms with Crippen molar-refractivity contribution in [1.29, 1.82) is 0 Å². The van der Waals surface area contributed by atoms with Crippen LogP contribution in [0.15, 0.2) is 0 Å². The molecule has 0 amide bonds. The lowest BCUT2D eigenvalue weighted by atomic mass is 9.78. The van der Waals surface area contributed by atoms with Crippen LogP contribution in [0.2, 0.25) is 0 Å². The minimum absolute atomic E-state index is 0.185. The largest absolute Gasteiger partial charge is 0.382 e. The molecule has 0 aromatic heterocycles. The predicted molar refractivity (Wildman–Crippen MR) is 63.4 cm³/mol. The number of hydrogen-bond acceptors (Lipinski definition) is 4. The van der Waals surface area contributed by atoms with Gasteiger partial charge in [0.15, 0.2) is 0 Å². The van der Waals surface area contributed by atoms with Gasteiger partial charge in [-0.15, -0.1) is 0 Å². The van der Waals surface area contributed by atoms with Gasteiger partial charge >= 0.3 is 0 Å². The van der Waals surface area contributed by atoms with Gasteiger partial charge in [0.25, 0.3) is 0 Å². The highest BCUT2D eigenvalue weighted by molar-refractivity contribution is 4.90. The first-order valence-electron chi connectivity index (χ1n) is 6.13. The van der Waals surface area contributed by atoms with E-state index in [1.54, 1.807) is 7.11 Å². The summed E-state index contributed by atoms with van der Waals surface area (Å²) in [5.74, 6) is 0. The minimum Gasteiger partial charge on any atom is -0.382 e. The van der Waals surface area contributed by atoms with Crippen molar-refractivity contribution in [2.45, 2.75) is 32.3 Å². The van der Waals surface area contributed by atoms with Crippen LogP contribution in [0.4, 0.5) is 0 Å². The van der Waals surface area contributed by atoms with Crippen molar-refractivity contribution in [3.63, 3.8) is 0 Å². The summed E-state index contributed by atoms with van der Waals surface area (Å²) in [5, 5.41) is 0. The highest BCUT2D eigenvalue weighted by Crippen LogP contribution is 2.38. The van der Waals surface area contributed by atoms with Crippen molar-refractivity contribution in [3.05, 3.63) is 0 Å². The molecule has 0 aromatic carbocycles. The summed E-state index contributed by atoms with van der Waals surface area (Å²) in [4.78, 5) is 0. The number of rotatable bonds is 8. The molecule has 2 atom stereocenters. The molecule has 1 aliphatic rings. The maximum Gasteiger partial charge on any atom is 0.0700 e. The summed E-state index contributed by atoms with van der Waals surface area (Å²) in [5.41, 5.74) is 6.07. The average Bonchev–Trinajstić information content (AvgIpc) is 2.66. The monoisotopic (exact) mass is 231 g/mol. The molecule has 4 heteroatoms. The first-order valence-corrected chi connectivity index (χ1v) is 6.13. The zero-order valence-electron chi connectivity index (χ0n) is 10.5. The summed E-state index contributed by atoms with van der Waals surface area (Å²) in [6.07, 6.45) is 3.52. The molecule has 0 radical (unpaired) electrons. The van der Waals surface area contributed by atoms with E-state index in [1.165, 1.54) is 0 Å². The van der Waals surface area contributed by atoms with Crippen LogP contribution < -0.4 is 5.73 Å². The highest BCUT2D eigenvalue weighted by atomic mass is 16.5. The Hall–Kier alpha value is -0.160. The molecule has 0 spiro atoms. The zero-order valence-corrected chi connectivity index (χ0v) is 10.5. The Labute approximate surface area is 98.4 Å². The maximum atomic E-state index is 5.88. The van der Waals surface area contributed by atoms with Crippen LogP contribution in [-0.2, 0) is 14.2 Å². The predicted octanol–water partition coefficient (Wildman–Crippen LogP) is 1.18. The Bertz CT molecular complexity index is 189. The van der Waals surface area contributed by atoms with E-state index >= 15 is 0 Å². The quantitative estimate of drug-likeness (QED) is 0.637. The van der Waals surface area contributed by atoms with Crippen LogP contribution in [0.3, 0.4) is 0 Å². The molecule has 0 saturated carbocycles. The second-order valence-electron chi connectivity index (χ2n) is 4.54. The molecule has 1 aliphatic heterocycles. The Morgan fingerprint density at radius 1 is 1.38 bits per heavy atom. The second-order valence-corrected chi connectivity index (χ2v) is 4.54. The van der Waals surface area contributed by atoms with E-state index in [0.29, 0.717) is 19.8 Å². The van der Waals surface area contributed by atoms with Gasteiger partial charge in [0.2, 0.25) is 0 Å². The molecule has 1 fully saturated rings. The third-order valence-corrected chi connectivity index (χ3v) is 3.63. The van der Waals surface area contributed by atoms with Gasteiger partial charge in [-0.05, 0) is 26.2 Å². The molecule has 1 heterocycles. The molecule has 16 heavy (non-hydrogen) atoms. The van der Waals surface area contributed by atoms with Gasteiger partial charge in [-0.25, -0.2) is 0 Å². The third-order valence-electron chi connectivity index (χ3n) is 3.63. The van der Waals surface area contributed by atoms with Gasteiger partial charge in [0.1, 0.15) is 0 Å². The van der Waals surface area contributed by atoms with Crippen molar-refractivity contribution < 1.29 is 14.2 Å². The van der Waals surface area contributed by atoms with E-state index in [4.69, 9.17) is 19.9 Å². The number of ether oxygens (including phenoxy) is 3. The Kier molecular flexibility index (Phi) is 6.28. The van der Waals surface area contributed by atoms with Crippen LogP contribution >= 0.6 is 0 Å². The summed E-state index contributed by atoms with van der Waals surface area (Å²) in [6, 6.07) is 0. The highest BCUT2D eigenvalue weighted by Gasteiger charge is 2.39. The van der Waals surface area contributed by atoms with Crippen molar-refractivity contribution in [1.82, 2.24) is 0 Å². The molecule has 96 valence electrons. The lowest BCUT2D eigenvalue weighted by molar-refractivity contribution is 0.0437. The van der Waals surface area contributed by atoms with Crippen molar-refractivity contribution in [2.75, 3.05) is 40.1 Å².